The lowest BCUT2D eigenvalue weighted by atomic mass is 9.94. The molecule has 1 aliphatic rings. The number of nitrogens with one attached hydrogen (secondary N) is 1. The smallest absolute Gasteiger partial charge is 0.273 e. The number of nitrogens with zero attached hydrogens (tertiary/aromatic N) is 2. The first-order valence-electron chi connectivity index (χ1n) is 9.66. The fourth-order valence-electron chi connectivity index (χ4n) is 3.88. The average molecular weight is 498 g/mol. The van der Waals surface area contributed by atoms with Crippen molar-refractivity contribution in [2.24, 2.45) is 0 Å². The molecule has 0 spiro atoms. The molecule has 0 unspecified atom stereocenters. The number of carbonyl (C=O) groups excluding carboxylic acids is 2. The number of benzene rings is 3. The lowest BCUT2D eigenvalue weighted by Gasteiger charge is -2.31. The summed E-state index contributed by atoms with van der Waals surface area (Å²) in [5.74, 6) is -1.38. The van der Waals surface area contributed by atoms with Gasteiger partial charge in [-0.2, -0.15) is 0 Å². The molecule has 4 rings (SSSR count). The van der Waals surface area contributed by atoms with Crippen molar-refractivity contribution in [3.8, 4) is 0 Å². The lowest BCUT2D eigenvalue weighted by molar-refractivity contribution is -0.385. The maximum Gasteiger partial charge on any atom is 0.273 e. The number of halogens is 2. The van der Waals surface area contributed by atoms with Gasteiger partial charge in [-0.05, 0) is 48.9 Å². The number of fused-ring (bicyclic) bond motifs is 1. The molecule has 0 aliphatic carbocycles. The molecule has 7 nitrogen and oxygen atoms in total. The van der Waals surface area contributed by atoms with Crippen LogP contribution in [-0.4, -0.2) is 28.2 Å². The topological polar surface area (TPSA) is 92.6 Å². The molecule has 9 heteroatoms. The highest BCUT2D eigenvalue weighted by atomic mass is 79.9. The Morgan fingerprint density at radius 3 is 2.59 bits per heavy atom. The molecule has 1 heterocycles. The second-order valence-corrected chi connectivity index (χ2v) is 8.29. The van der Waals surface area contributed by atoms with Crippen molar-refractivity contribution in [3.63, 3.8) is 0 Å². The van der Waals surface area contributed by atoms with Crippen LogP contribution < -0.4 is 5.32 Å². The van der Waals surface area contributed by atoms with Crippen LogP contribution in [0.25, 0.3) is 0 Å². The summed E-state index contributed by atoms with van der Waals surface area (Å²) in [7, 11) is 0. The van der Waals surface area contributed by atoms with E-state index in [2.05, 4.69) is 21.2 Å². The number of anilines is 1. The van der Waals surface area contributed by atoms with Gasteiger partial charge in [-0.15, -0.1) is 0 Å². The first kappa shape index (κ1) is 21.6. The van der Waals surface area contributed by atoms with Crippen LogP contribution in [0.3, 0.4) is 0 Å². The van der Waals surface area contributed by atoms with Crippen molar-refractivity contribution in [1.29, 1.82) is 0 Å². The summed E-state index contributed by atoms with van der Waals surface area (Å²) in [4.78, 5) is 38.5. The third-order valence-electron chi connectivity index (χ3n) is 5.39. The van der Waals surface area contributed by atoms with E-state index in [4.69, 9.17) is 0 Å². The Kier molecular flexibility index (Phi) is 5.75. The highest BCUT2D eigenvalue weighted by Gasteiger charge is 2.35. The van der Waals surface area contributed by atoms with Gasteiger partial charge in [-0.3, -0.25) is 19.7 Å². The molecule has 1 aliphatic heterocycles. The molecule has 2 amide bonds. The zero-order chi connectivity index (χ0) is 23.0. The van der Waals surface area contributed by atoms with E-state index in [1.54, 1.807) is 30.3 Å². The van der Waals surface area contributed by atoms with Gasteiger partial charge in [0.15, 0.2) is 0 Å². The van der Waals surface area contributed by atoms with Crippen molar-refractivity contribution in [1.82, 2.24) is 4.90 Å². The SMILES string of the molecule is Cc1c(C(=O)N2CC(=O)Nc3ccc(Br)cc3[C@@H]2c2ccc(F)cc2)cccc1[N+](=O)[O-]. The molecule has 0 fully saturated rings. The molecule has 0 saturated heterocycles. The van der Waals surface area contributed by atoms with E-state index in [0.29, 0.717) is 16.8 Å². The van der Waals surface area contributed by atoms with Gasteiger partial charge in [0.05, 0.1) is 11.0 Å². The van der Waals surface area contributed by atoms with Gasteiger partial charge in [-0.1, -0.05) is 34.1 Å². The van der Waals surface area contributed by atoms with Gasteiger partial charge in [0.2, 0.25) is 5.91 Å². The fourth-order valence-corrected chi connectivity index (χ4v) is 4.26. The molecule has 0 bridgehead atoms. The predicted octanol–water partition coefficient (Wildman–Crippen LogP) is 4.99. The Bertz CT molecular complexity index is 1250. The third-order valence-corrected chi connectivity index (χ3v) is 5.88. The van der Waals surface area contributed by atoms with Crippen LogP contribution in [-0.2, 0) is 4.79 Å². The Hall–Kier alpha value is -3.59. The number of amides is 2. The summed E-state index contributed by atoms with van der Waals surface area (Å²) < 4.78 is 14.4. The zero-order valence-corrected chi connectivity index (χ0v) is 18.4. The number of nitro groups is 1. The molecule has 32 heavy (non-hydrogen) atoms. The second kappa shape index (κ2) is 8.51. The summed E-state index contributed by atoms with van der Waals surface area (Å²) in [6, 6.07) is 14.5. The second-order valence-electron chi connectivity index (χ2n) is 7.37. The van der Waals surface area contributed by atoms with Crippen LogP contribution in [0.4, 0.5) is 15.8 Å². The third kappa shape index (κ3) is 3.99. The van der Waals surface area contributed by atoms with Crippen molar-refractivity contribution in [3.05, 3.63) is 103 Å². The summed E-state index contributed by atoms with van der Waals surface area (Å²) in [6.45, 7) is 1.22. The van der Waals surface area contributed by atoms with E-state index < -0.39 is 28.6 Å². The number of rotatable bonds is 3. The minimum atomic E-state index is -0.729. The Labute approximate surface area is 191 Å². The van der Waals surface area contributed by atoms with E-state index in [-0.39, 0.29) is 23.4 Å². The average Bonchev–Trinajstić information content (AvgIpc) is 2.89. The molecule has 1 atom stereocenters. The van der Waals surface area contributed by atoms with E-state index in [0.717, 1.165) is 4.47 Å². The standard InChI is InChI=1S/C23H17BrFN3O4/c1-13-17(3-2-4-20(13)28(31)32)23(30)27-12-21(29)26-19-10-7-15(24)11-18(19)22(27)14-5-8-16(25)9-6-14/h2-11,22H,12H2,1H3,(H,26,29)/t22-/m0/s1. The first-order valence-corrected chi connectivity index (χ1v) is 10.5. The van der Waals surface area contributed by atoms with Crippen molar-refractivity contribution < 1.29 is 18.9 Å². The van der Waals surface area contributed by atoms with Crippen LogP contribution in [0, 0.1) is 22.9 Å². The summed E-state index contributed by atoms with van der Waals surface area (Å²) in [5.41, 5.74) is 1.90. The predicted molar refractivity (Wildman–Crippen MR) is 120 cm³/mol. The number of hydrogen-bond acceptors (Lipinski definition) is 4. The Morgan fingerprint density at radius 2 is 1.91 bits per heavy atom. The zero-order valence-electron chi connectivity index (χ0n) is 16.8. The van der Waals surface area contributed by atoms with Crippen LogP contribution in [0.15, 0.2) is 65.1 Å². The molecule has 3 aromatic carbocycles. The normalized spacial score (nSPS) is 15.5. The van der Waals surface area contributed by atoms with Gasteiger partial charge >= 0.3 is 0 Å². The van der Waals surface area contributed by atoms with E-state index in [9.17, 15) is 24.1 Å². The first-order chi connectivity index (χ1) is 15.3. The van der Waals surface area contributed by atoms with Gasteiger partial charge in [0.1, 0.15) is 12.4 Å². The van der Waals surface area contributed by atoms with Crippen LogP contribution in [0.1, 0.15) is 33.1 Å². The van der Waals surface area contributed by atoms with Gasteiger partial charge < -0.3 is 10.2 Å². The van der Waals surface area contributed by atoms with Crippen molar-refractivity contribution in [2.75, 3.05) is 11.9 Å². The molecule has 0 saturated carbocycles. The van der Waals surface area contributed by atoms with E-state index in [1.807, 2.05) is 0 Å². The van der Waals surface area contributed by atoms with Crippen molar-refractivity contribution >= 4 is 39.1 Å². The Morgan fingerprint density at radius 1 is 1.19 bits per heavy atom. The minimum Gasteiger partial charge on any atom is -0.324 e. The lowest BCUT2D eigenvalue weighted by Crippen LogP contribution is -2.39. The minimum absolute atomic E-state index is 0.123. The molecule has 0 aromatic heterocycles. The summed E-state index contributed by atoms with van der Waals surface area (Å²) in [6.07, 6.45) is 0. The summed E-state index contributed by atoms with van der Waals surface area (Å²) >= 11 is 3.43. The quantitative estimate of drug-likeness (QED) is 0.407. The number of hydrogen-bond donors (Lipinski definition) is 1. The molecule has 1 N–H and O–H groups in total. The van der Waals surface area contributed by atoms with Crippen LogP contribution in [0.2, 0.25) is 0 Å². The monoisotopic (exact) mass is 497 g/mol. The molecule has 0 radical (unpaired) electrons. The maximum absolute atomic E-state index is 13.7. The van der Waals surface area contributed by atoms with Crippen LogP contribution >= 0.6 is 15.9 Å². The van der Waals surface area contributed by atoms with Gasteiger partial charge in [0, 0.05) is 32.9 Å². The van der Waals surface area contributed by atoms with E-state index in [1.165, 1.54) is 42.2 Å². The van der Waals surface area contributed by atoms with Crippen LogP contribution in [0.5, 0.6) is 0 Å². The van der Waals surface area contributed by atoms with Crippen molar-refractivity contribution in [2.45, 2.75) is 13.0 Å². The largest absolute Gasteiger partial charge is 0.324 e. The van der Waals surface area contributed by atoms with Gasteiger partial charge in [-0.25, -0.2) is 4.39 Å². The molecule has 3 aromatic rings. The highest BCUT2D eigenvalue weighted by Crippen LogP contribution is 2.38. The maximum atomic E-state index is 13.7. The summed E-state index contributed by atoms with van der Waals surface area (Å²) in [5, 5.41) is 14.2. The number of carbonyl (C=O) groups is 2. The number of nitro benzene ring substituents is 1. The Balaban J connectivity index is 1.91. The highest BCUT2D eigenvalue weighted by molar-refractivity contribution is 9.10. The van der Waals surface area contributed by atoms with Gasteiger partial charge in [0.25, 0.3) is 11.6 Å². The molecule has 162 valence electrons. The van der Waals surface area contributed by atoms with E-state index >= 15 is 0 Å². The molecular weight excluding hydrogens is 481 g/mol. The molecular formula is C23H17BrFN3O4. The fraction of sp³-hybridized carbons (Fsp3) is 0.130.